The van der Waals surface area contributed by atoms with Gasteiger partial charge in [-0.25, -0.2) is 4.39 Å². The number of rotatable bonds is 4. The smallest absolute Gasteiger partial charge is 0.141 e. The Hall–Kier alpha value is -0.450. The van der Waals surface area contributed by atoms with Crippen LogP contribution in [0.4, 0.5) is 4.39 Å². The summed E-state index contributed by atoms with van der Waals surface area (Å²) < 4.78 is 14.3. The van der Waals surface area contributed by atoms with Crippen LogP contribution in [0.5, 0.6) is 0 Å². The predicted molar refractivity (Wildman–Crippen MR) is 62.2 cm³/mol. The first-order chi connectivity index (χ1) is 7.05. The molecule has 0 amide bonds. The first-order valence-electron chi connectivity index (χ1n) is 4.80. The standard InChI is InChI=1S/C11H15BrFNO/c1-11(7-14,5-6-15)8-3-2-4-9(12)10(8)13/h2-4,15H,5-7,14H2,1H3. The molecule has 1 aromatic carbocycles. The van der Waals surface area contributed by atoms with Crippen LogP contribution in [-0.4, -0.2) is 18.3 Å². The minimum absolute atomic E-state index is 0.000344. The number of benzene rings is 1. The van der Waals surface area contributed by atoms with Crippen LogP contribution in [0.2, 0.25) is 0 Å². The molecule has 2 nitrogen and oxygen atoms in total. The molecule has 0 aliphatic rings. The maximum atomic E-state index is 13.8. The average molecular weight is 276 g/mol. The molecular weight excluding hydrogens is 261 g/mol. The molecule has 0 saturated carbocycles. The first-order valence-corrected chi connectivity index (χ1v) is 5.60. The summed E-state index contributed by atoms with van der Waals surface area (Å²) in [5.41, 5.74) is 5.69. The third kappa shape index (κ3) is 2.56. The van der Waals surface area contributed by atoms with Crippen molar-refractivity contribution in [3.8, 4) is 0 Å². The molecule has 0 saturated heterocycles. The van der Waals surface area contributed by atoms with Gasteiger partial charge in [-0.05, 0) is 34.0 Å². The number of nitrogens with two attached hydrogens (primary N) is 1. The fraction of sp³-hybridized carbons (Fsp3) is 0.455. The van der Waals surface area contributed by atoms with E-state index in [1.165, 1.54) is 0 Å². The molecule has 0 spiro atoms. The molecule has 1 atom stereocenters. The Morgan fingerprint density at radius 1 is 1.53 bits per heavy atom. The van der Waals surface area contributed by atoms with E-state index in [1.54, 1.807) is 18.2 Å². The van der Waals surface area contributed by atoms with Crippen LogP contribution in [0.1, 0.15) is 18.9 Å². The maximum absolute atomic E-state index is 13.8. The maximum Gasteiger partial charge on any atom is 0.141 e. The predicted octanol–water partition coefficient (Wildman–Crippen LogP) is 2.19. The summed E-state index contributed by atoms with van der Waals surface area (Å²) in [4.78, 5) is 0. The number of aliphatic hydroxyl groups excluding tert-OH is 1. The molecule has 15 heavy (non-hydrogen) atoms. The largest absolute Gasteiger partial charge is 0.396 e. The monoisotopic (exact) mass is 275 g/mol. The molecule has 0 aromatic heterocycles. The molecule has 0 aliphatic heterocycles. The van der Waals surface area contributed by atoms with Crippen molar-refractivity contribution in [2.45, 2.75) is 18.8 Å². The van der Waals surface area contributed by atoms with Crippen molar-refractivity contribution in [2.75, 3.05) is 13.2 Å². The Balaban J connectivity index is 3.17. The molecule has 1 unspecified atom stereocenters. The number of hydrogen-bond acceptors (Lipinski definition) is 2. The van der Waals surface area contributed by atoms with Crippen LogP contribution >= 0.6 is 15.9 Å². The van der Waals surface area contributed by atoms with E-state index < -0.39 is 5.41 Å². The molecule has 0 fully saturated rings. The van der Waals surface area contributed by atoms with Crippen molar-refractivity contribution in [2.24, 2.45) is 5.73 Å². The van der Waals surface area contributed by atoms with Gasteiger partial charge in [0.15, 0.2) is 0 Å². The van der Waals surface area contributed by atoms with Crippen molar-refractivity contribution in [1.29, 1.82) is 0 Å². The fourth-order valence-electron chi connectivity index (χ4n) is 1.56. The summed E-state index contributed by atoms with van der Waals surface area (Å²) in [7, 11) is 0. The molecule has 4 heteroatoms. The number of halogens is 2. The Labute approximate surface area is 97.4 Å². The lowest BCUT2D eigenvalue weighted by Gasteiger charge is -2.28. The van der Waals surface area contributed by atoms with E-state index in [2.05, 4.69) is 15.9 Å². The lowest BCUT2D eigenvalue weighted by molar-refractivity contribution is 0.244. The lowest BCUT2D eigenvalue weighted by atomic mass is 9.79. The van der Waals surface area contributed by atoms with Gasteiger partial charge < -0.3 is 10.8 Å². The third-order valence-corrected chi connectivity index (χ3v) is 3.33. The van der Waals surface area contributed by atoms with E-state index in [9.17, 15) is 4.39 Å². The summed E-state index contributed by atoms with van der Waals surface area (Å²) in [6.45, 7) is 2.16. The fourth-order valence-corrected chi connectivity index (χ4v) is 1.93. The van der Waals surface area contributed by atoms with Gasteiger partial charge in [0.1, 0.15) is 5.82 Å². The molecule has 3 N–H and O–H groups in total. The number of aliphatic hydroxyl groups is 1. The van der Waals surface area contributed by atoms with E-state index in [4.69, 9.17) is 10.8 Å². The zero-order chi connectivity index (χ0) is 11.5. The highest BCUT2D eigenvalue weighted by atomic mass is 79.9. The van der Waals surface area contributed by atoms with Gasteiger partial charge in [0, 0.05) is 18.6 Å². The van der Waals surface area contributed by atoms with Crippen molar-refractivity contribution in [1.82, 2.24) is 0 Å². The summed E-state index contributed by atoms with van der Waals surface area (Å²) in [5, 5.41) is 8.96. The van der Waals surface area contributed by atoms with Gasteiger partial charge in [0.05, 0.1) is 4.47 Å². The van der Waals surface area contributed by atoms with Crippen LogP contribution in [0, 0.1) is 5.82 Å². The van der Waals surface area contributed by atoms with Crippen molar-refractivity contribution < 1.29 is 9.50 Å². The van der Waals surface area contributed by atoms with Crippen molar-refractivity contribution in [3.63, 3.8) is 0 Å². The highest BCUT2D eigenvalue weighted by Crippen LogP contribution is 2.31. The zero-order valence-electron chi connectivity index (χ0n) is 8.63. The van der Waals surface area contributed by atoms with Crippen LogP contribution in [-0.2, 0) is 5.41 Å². The Morgan fingerprint density at radius 3 is 2.73 bits per heavy atom. The Morgan fingerprint density at radius 2 is 2.20 bits per heavy atom. The van der Waals surface area contributed by atoms with Gasteiger partial charge in [-0.1, -0.05) is 19.1 Å². The van der Waals surface area contributed by atoms with E-state index in [-0.39, 0.29) is 12.4 Å². The molecule has 0 heterocycles. The minimum atomic E-state index is -0.511. The van der Waals surface area contributed by atoms with Gasteiger partial charge >= 0.3 is 0 Å². The van der Waals surface area contributed by atoms with Gasteiger partial charge in [0.25, 0.3) is 0 Å². The van der Waals surface area contributed by atoms with Crippen LogP contribution in [0.3, 0.4) is 0 Å². The van der Waals surface area contributed by atoms with Crippen molar-refractivity contribution in [3.05, 3.63) is 34.1 Å². The second kappa shape index (κ2) is 5.05. The SMILES string of the molecule is CC(CN)(CCO)c1cccc(Br)c1F. The third-order valence-electron chi connectivity index (χ3n) is 2.72. The van der Waals surface area contributed by atoms with Gasteiger partial charge in [0.2, 0.25) is 0 Å². The van der Waals surface area contributed by atoms with E-state index in [1.807, 2.05) is 6.92 Å². The topological polar surface area (TPSA) is 46.2 Å². The molecule has 0 bridgehead atoms. The lowest BCUT2D eigenvalue weighted by Crippen LogP contribution is -2.33. The highest BCUT2D eigenvalue weighted by Gasteiger charge is 2.28. The second-order valence-electron chi connectivity index (χ2n) is 3.84. The zero-order valence-corrected chi connectivity index (χ0v) is 10.2. The number of hydrogen-bond donors (Lipinski definition) is 2. The normalized spacial score (nSPS) is 15.0. The summed E-state index contributed by atoms with van der Waals surface area (Å²) in [6, 6.07) is 5.13. The van der Waals surface area contributed by atoms with Crippen LogP contribution in [0.15, 0.2) is 22.7 Å². The van der Waals surface area contributed by atoms with Gasteiger partial charge in [-0.15, -0.1) is 0 Å². The van der Waals surface area contributed by atoms with E-state index in [0.29, 0.717) is 23.0 Å². The Kier molecular flexibility index (Phi) is 4.25. The second-order valence-corrected chi connectivity index (χ2v) is 4.69. The molecule has 1 aromatic rings. The van der Waals surface area contributed by atoms with Gasteiger partial charge in [-0.2, -0.15) is 0 Å². The van der Waals surface area contributed by atoms with Crippen LogP contribution < -0.4 is 5.73 Å². The van der Waals surface area contributed by atoms with E-state index in [0.717, 1.165) is 0 Å². The summed E-state index contributed by atoms with van der Waals surface area (Å²) in [5.74, 6) is -0.293. The average Bonchev–Trinajstić information content (AvgIpc) is 2.22. The van der Waals surface area contributed by atoms with Gasteiger partial charge in [-0.3, -0.25) is 0 Å². The highest BCUT2D eigenvalue weighted by molar-refractivity contribution is 9.10. The molecule has 1 rings (SSSR count). The molecule has 84 valence electrons. The van der Waals surface area contributed by atoms with Crippen molar-refractivity contribution >= 4 is 15.9 Å². The van der Waals surface area contributed by atoms with E-state index >= 15 is 0 Å². The molecule has 0 aliphatic carbocycles. The quantitative estimate of drug-likeness (QED) is 0.885. The molecule has 0 radical (unpaired) electrons. The van der Waals surface area contributed by atoms with Crippen LogP contribution in [0.25, 0.3) is 0 Å². The minimum Gasteiger partial charge on any atom is -0.396 e. The summed E-state index contributed by atoms with van der Waals surface area (Å²) in [6.07, 6.45) is 0.455. The first kappa shape index (κ1) is 12.6. The molecular formula is C11H15BrFNO. The Bertz CT molecular complexity index is 345. The summed E-state index contributed by atoms with van der Waals surface area (Å²) >= 11 is 3.14.